The van der Waals surface area contributed by atoms with E-state index in [2.05, 4.69) is 24.8 Å². The van der Waals surface area contributed by atoms with Gasteiger partial charge in [-0.1, -0.05) is 24.3 Å². The van der Waals surface area contributed by atoms with Gasteiger partial charge in [0.05, 0.1) is 6.61 Å². The fourth-order valence-electron chi connectivity index (χ4n) is 1.60. The fraction of sp³-hybridized carbons (Fsp3) is 0.273. The molecule has 0 bridgehead atoms. The summed E-state index contributed by atoms with van der Waals surface area (Å²) in [4.78, 5) is 0. The molecule has 2 N–H and O–H groups in total. The Balaban J connectivity index is 0.000000845. The second-order valence-corrected chi connectivity index (χ2v) is 3.00. The van der Waals surface area contributed by atoms with Crippen LogP contribution in [0.4, 0.5) is 0 Å². The molecule has 1 heterocycles. The normalized spacial score (nSPS) is 12.6. The van der Waals surface area contributed by atoms with Crippen LogP contribution in [0, 0.1) is 0 Å². The SMILES string of the molecule is C=CCc1cccc2c1OCC2.O. The molecule has 2 heteroatoms. The summed E-state index contributed by atoms with van der Waals surface area (Å²) >= 11 is 0. The van der Waals surface area contributed by atoms with Crippen molar-refractivity contribution in [2.75, 3.05) is 6.61 Å². The molecule has 0 spiro atoms. The van der Waals surface area contributed by atoms with Gasteiger partial charge in [0.15, 0.2) is 0 Å². The maximum atomic E-state index is 5.53. The number of benzene rings is 1. The van der Waals surface area contributed by atoms with E-state index in [-0.39, 0.29) is 5.48 Å². The molecule has 0 atom stereocenters. The molecule has 0 aromatic heterocycles. The lowest BCUT2D eigenvalue weighted by molar-refractivity contribution is 0.354. The quantitative estimate of drug-likeness (QED) is 0.633. The minimum Gasteiger partial charge on any atom is -0.493 e. The van der Waals surface area contributed by atoms with Crippen molar-refractivity contribution in [3.05, 3.63) is 42.0 Å². The van der Waals surface area contributed by atoms with Crippen LogP contribution in [0.2, 0.25) is 0 Å². The Morgan fingerprint density at radius 2 is 2.31 bits per heavy atom. The summed E-state index contributed by atoms with van der Waals surface area (Å²) in [7, 11) is 0. The number of rotatable bonds is 2. The van der Waals surface area contributed by atoms with Gasteiger partial charge in [0, 0.05) is 6.42 Å². The molecule has 0 unspecified atom stereocenters. The second-order valence-electron chi connectivity index (χ2n) is 3.00. The molecule has 1 aliphatic rings. The molecule has 0 amide bonds. The molecule has 1 aromatic rings. The molecular formula is C11H14O2. The lowest BCUT2D eigenvalue weighted by atomic mass is 10.1. The third kappa shape index (κ3) is 1.73. The predicted octanol–water partition coefficient (Wildman–Crippen LogP) is 1.53. The first kappa shape index (κ1) is 9.81. The highest BCUT2D eigenvalue weighted by Gasteiger charge is 2.14. The average Bonchev–Trinajstić information content (AvgIpc) is 2.53. The Hall–Kier alpha value is -1.28. The van der Waals surface area contributed by atoms with E-state index in [0.29, 0.717) is 0 Å². The highest BCUT2D eigenvalue weighted by molar-refractivity contribution is 5.44. The molecule has 1 aromatic carbocycles. The maximum absolute atomic E-state index is 5.53. The Morgan fingerprint density at radius 3 is 3.08 bits per heavy atom. The summed E-state index contributed by atoms with van der Waals surface area (Å²) < 4.78 is 5.53. The van der Waals surface area contributed by atoms with Gasteiger partial charge < -0.3 is 10.2 Å². The molecule has 13 heavy (non-hydrogen) atoms. The predicted molar refractivity (Wildman–Crippen MR) is 53.2 cm³/mol. The van der Waals surface area contributed by atoms with Crippen LogP contribution in [-0.2, 0) is 12.8 Å². The zero-order valence-electron chi connectivity index (χ0n) is 7.55. The van der Waals surface area contributed by atoms with Gasteiger partial charge in [0.25, 0.3) is 0 Å². The van der Waals surface area contributed by atoms with E-state index in [1.54, 1.807) is 0 Å². The van der Waals surface area contributed by atoms with Crippen molar-refractivity contribution in [2.24, 2.45) is 0 Å². The van der Waals surface area contributed by atoms with Gasteiger partial charge in [-0.05, 0) is 17.5 Å². The summed E-state index contributed by atoms with van der Waals surface area (Å²) in [5, 5.41) is 0. The summed E-state index contributed by atoms with van der Waals surface area (Å²) in [6.45, 7) is 4.56. The zero-order valence-corrected chi connectivity index (χ0v) is 7.55. The van der Waals surface area contributed by atoms with Crippen molar-refractivity contribution in [1.29, 1.82) is 0 Å². The van der Waals surface area contributed by atoms with Crippen molar-refractivity contribution >= 4 is 0 Å². The van der Waals surface area contributed by atoms with E-state index in [0.717, 1.165) is 25.2 Å². The molecule has 0 fully saturated rings. The van der Waals surface area contributed by atoms with Crippen LogP contribution in [0.1, 0.15) is 11.1 Å². The Kier molecular flexibility index (Phi) is 3.09. The van der Waals surface area contributed by atoms with E-state index in [1.165, 1.54) is 11.1 Å². The van der Waals surface area contributed by atoms with Crippen LogP contribution in [0.5, 0.6) is 5.75 Å². The first-order valence-corrected chi connectivity index (χ1v) is 4.26. The molecule has 2 nitrogen and oxygen atoms in total. The minimum atomic E-state index is 0. The summed E-state index contributed by atoms with van der Waals surface area (Å²) in [6.07, 6.45) is 3.88. The van der Waals surface area contributed by atoms with Crippen LogP contribution in [0.3, 0.4) is 0 Å². The van der Waals surface area contributed by atoms with Crippen LogP contribution in [0.25, 0.3) is 0 Å². The van der Waals surface area contributed by atoms with Gasteiger partial charge in [-0.3, -0.25) is 0 Å². The highest BCUT2D eigenvalue weighted by atomic mass is 16.5. The zero-order chi connectivity index (χ0) is 8.39. The monoisotopic (exact) mass is 178 g/mol. The Morgan fingerprint density at radius 1 is 1.46 bits per heavy atom. The van der Waals surface area contributed by atoms with Gasteiger partial charge in [0.2, 0.25) is 0 Å². The number of fused-ring (bicyclic) bond motifs is 1. The first-order valence-electron chi connectivity index (χ1n) is 4.26. The Bertz CT molecular complexity index is 305. The molecule has 0 radical (unpaired) electrons. The highest BCUT2D eigenvalue weighted by Crippen LogP contribution is 2.29. The molecule has 1 aliphatic heterocycles. The van der Waals surface area contributed by atoms with E-state index in [4.69, 9.17) is 4.74 Å². The number of para-hydroxylation sites is 1. The summed E-state index contributed by atoms with van der Waals surface area (Å²) in [6, 6.07) is 6.33. The topological polar surface area (TPSA) is 40.7 Å². The van der Waals surface area contributed by atoms with Crippen molar-refractivity contribution in [2.45, 2.75) is 12.8 Å². The molecular weight excluding hydrogens is 164 g/mol. The number of hydrogen-bond donors (Lipinski definition) is 0. The third-order valence-electron chi connectivity index (χ3n) is 2.16. The summed E-state index contributed by atoms with van der Waals surface area (Å²) in [5.41, 5.74) is 2.61. The average molecular weight is 178 g/mol. The van der Waals surface area contributed by atoms with Crippen molar-refractivity contribution in [1.82, 2.24) is 0 Å². The molecule has 0 aliphatic carbocycles. The van der Waals surface area contributed by atoms with E-state index >= 15 is 0 Å². The first-order chi connectivity index (χ1) is 5.92. The second kappa shape index (κ2) is 4.10. The van der Waals surface area contributed by atoms with Gasteiger partial charge >= 0.3 is 0 Å². The largest absolute Gasteiger partial charge is 0.493 e. The van der Waals surface area contributed by atoms with Crippen molar-refractivity contribution in [3.63, 3.8) is 0 Å². The lowest BCUT2D eigenvalue weighted by Crippen LogP contribution is -1.90. The number of ether oxygens (including phenoxy) is 1. The van der Waals surface area contributed by atoms with E-state index in [1.807, 2.05) is 6.08 Å². The molecule has 2 rings (SSSR count). The van der Waals surface area contributed by atoms with Crippen molar-refractivity contribution < 1.29 is 10.2 Å². The van der Waals surface area contributed by atoms with E-state index < -0.39 is 0 Å². The van der Waals surface area contributed by atoms with Crippen LogP contribution >= 0.6 is 0 Å². The van der Waals surface area contributed by atoms with Crippen LogP contribution < -0.4 is 4.74 Å². The van der Waals surface area contributed by atoms with Gasteiger partial charge in [0.1, 0.15) is 5.75 Å². The lowest BCUT2D eigenvalue weighted by Gasteiger charge is -2.04. The molecule has 0 saturated heterocycles. The minimum absolute atomic E-state index is 0. The number of allylic oxidation sites excluding steroid dienone is 1. The fourth-order valence-corrected chi connectivity index (χ4v) is 1.60. The summed E-state index contributed by atoms with van der Waals surface area (Å²) in [5.74, 6) is 1.09. The molecule has 0 saturated carbocycles. The standard InChI is InChI=1S/C11H12O.H2O/c1-2-4-9-5-3-6-10-7-8-12-11(9)10;/h2-3,5-6H,1,4,7-8H2;1H2. The van der Waals surface area contributed by atoms with Gasteiger partial charge in [-0.25, -0.2) is 0 Å². The third-order valence-corrected chi connectivity index (χ3v) is 2.16. The maximum Gasteiger partial charge on any atom is 0.126 e. The smallest absolute Gasteiger partial charge is 0.126 e. The Labute approximate surface area is 78.2 Å². The van der Waals surface area contributed by atoms with Crippen molar-refractivity contribution in [3.8, 4) is 5.75 Å². The van der Waals surface area contributed by atoms with E-state index in [9.17, 15) is 0 Å². The van der Waals surface area contributed by atoms with Gasteiger partial charge in [-0.2, -0.15) is 0 Å². The van der Waals surface area contributed by atoms with Crippen LogP contribution in [-0.4, -0.2) is 12.1 Å². The van der Waals surface area contributed by atoms with Crippen LogP contribution in [0.15, 0.2) is 30.9 Å². The van der Waals surface area contributed by atoms with Gasteiger partial charge in [-0.15, -0.1) is 6.58 Å². The molecule has 70 valence electrons. The number of hydrogen-bond acceptors (Lipinski definition) is 1.